The van der Waals surface area contributed by atoms with Crippen molar-refractivity contribution in [1.29, 1.82) is 0 Å². The Labute approximate surface area is 178 Å². The van der Waals surface area contributed by atoms with Gasteiger partial charge in [-0.1, -0.05) is 20.3 Å². The molecule has 2 heterocycles. The Balaban J connectivity index is 0.00000243. The van der Waals surface area contributed by atoms with Crippen LogP contribution in [0, 0.1) is 11.3 Å². The number of aliphatic imine (C=N–C) groups is 1. The first kappa shape index (κ1) is 22.2. The van der Waals surface area contributed by atoms with E-state index in [0.717, 1.165) is 19.0 Å². The summed E-state index contributed by atoms with van der Waals surface area (Å²) in [6, 6.07) is 0.558. The molecule has 6 heteroatoms. The summed E-state index contributed by atoms with van der Waals surface area (Å²) in [5.74, 6) is 1.80. The largest absolute Gasteiger partial charge is 0.357 e. The fourth-order valence-corrected chi connectivity index (χ4v) is 4.71. The van der Waals surface area contributed by atoms with Gasteiger partial charge < -0.3 is 15.1 Å². The van der Waals surface area contributed by atoms with E-state index in [2.05, 4.69) is 47.8 Å². The Morgan fingerprint density at radius 3 is 2.27 bits per heavy atom. The standard InChI is InChI=1S/C20H39N5.HI/c1-5-21-19(25-10-9-20(16-25)7-6-8-20)22-15-18(17(2)3)24-13-11-23(4)12-14-24;/h17-18H,5-16H2,1-4H3,(H,21,22);1H. The van der Waals surface area contributed by atoms with Gasteiger partial charge in [-0.05, 0) is 44.6 Å². The van der Waals surface area contributed by atoms with Gasteiger partial charge >= 0.3 is 0 Å². The highest BCUT2D eigenvalue weighted by molar-refractivity contribution is 14.0. The van der Waals surface area contributed by atoms with Crippen LogP contribution >= 0.6 is 24.0 Å². The molecule has 1 aliphatic carbocycles. The smallest absolute Gasteiger partial charge is 0.193 e. The van der Waals surface area contributed by atoms with Crippen molar-refractivity contribution in [1.82, 2.24) is 20.0 Å². The number of halogens is 1. The molecule has 5 nitrogen and oxygen atoms in total. The van der Waals surface area contributed by atoms with E-state index in [4.69, 9.17) is 4.99 Å². The minimum Gasteiger partial charge on any atom is -0.357 e. The molecule has 0 bridgehead atoms. The first-order chi connectivity index (χ1) is 12.0. The molecule has 1 N–H and O–H groups in total. The molecule has 2 saturated heterocycles. The van der Waals surface area contributed by atoms with Gasteiger partial charge in [-0.25, -0.2) is 0 Å². The lowest BCUT2D eigenvalue weighted by Crippen LogP contribution is -2.52. The fourth-order valence-electron chi connectivity index (χ4n) is 4.71. The summed E-state index contributed by atoms with van der Waals surface area (Å²) in [5, 5.41) is 3.56. The first-order valence-corrected chi connectivity index (χ1v) is 10.5. The van der Waals surface area contributed by atoms with E-state index in [1.54, 1.807) is 0 Å². The predicted molar refractivity (Wildman–Crippen MR) is 122 cm³/mol. The molecule has 26 heavy (non-hydrogen) atoms. The van der Waals surface area contributed by atoms with Crippen molar-refractivity contribution in [2.75, 3.05) is 59.4 Å². The molecule has 0 aromatic carbocycles. The van der Waals surface area contributed by atoms with Crippen LogP contribution in [0.1, 0.15) is 46.5 Å². The lowest BCUT2D eigenvalue weighted by Gasteiger charge is -2.39. The van der Waals surface area contributed by atoms with Crippen molar-refractivity contribution < 1.29 is 0 Å². The van der Waals surface area contributed by atoms with Crippen LogP contribution in [0.4, 0.5) is 0 Å². The molecule has 3 rings (SSSR count). The van der Waals surface area contributed by atoms with Crippen LogP contribution in [0.2, 0.25) is 0 Å². The molecule has 0 aromatic rings. The zero-order valence-electron chi connectivity index (χ0n) is 17.3. The van der Waals surface area contributed by atoms with Crippen LogP contribution in [0.25, 0.3) is 0 Å². The van der Waals surface area contributed by atoms with Gasteiger partial charge in [0, 0.05) is 51.9 Å². The van der Waals surface area contributed by atoms with Crippen LogP contribution < -0.4 is 5.32 Å². The fraction of sp³-hybridized carbons (Fsp3) is 0.950. The zero-order chi connectivity index (χ0) is 17.9. The van der Waals surface area contributed by atoms with E-state index in [-0.39, 0.29) is 24.0 Å². The van der Waals surface area contributed by atoms with E-state index in [1.807, 2.05) is 0 Å². The van der Waals surface area contributed by atoms with Crippen molar-refractivity contribution >= 4 is 29.9 Å². The van der Waals surface area contributed by atoms with Gasteiger partial charge in [0.05, 0.1) is 6.54 Å². The Morgan fingerprint density at radius 1 is 1.08 bits per heavy atom. The number of guanidine groups is 1. The molecule has 1 spiro atoms. The molecule has 152 valence electrons. The number of piperazine rings is 1. The molecule has 3 aliphatic rings. The van der Waals surface area contributed by atoms with Crippen molar-refractivity contribution in [2.45, 2.75) is 52.5 Å². The lowest BCUT2D eigenvalue weighted by molar-refractivity contribution is 0.0923. The van der Waals surface area contributed by atoms with Gasteiger partial charge in [0.25, 0.3) is 0 Å². The number of hydrogen-bond acceptors (Lipinski definition) is 3. The summed E-state index contributed by atoms with van der Waals surface area (Å²) in [4.78, 5) is 12.7. The Hall–Kier alpha value is -0.0800. The van der Waals surface area contributed by atoms with Crippen molar-refractivity contribution in [3.8, 4) is 0 Å². The Kier molecular flexibility index (Phi) is 8.47. The molecular formula is C20H40IN5. The molecule has 0 aromatic heterocycles. The number of rotatable bonds is 5. The number of hydrogen-bond donors (Lipinski definition) is 1. The second-order valence-electron chi connectivity index (χ2n) is 8.87. The Bertz CT molecular complexity index is 455. The highest BCUT2D eigenvalue weighted by Gasteiger charge is 2.43. The maximum Gasteiger partial charge on any atom is 0.193 e. The molecule has 3 fully saturated rings. The average Bonchev–Trinajstić information content (AvgIpc) is 3.01. The van der Waals surface area contributed by atoms with Gasteiger partial charge in [0.2, 0.25) is 0 Å². The molecule has 2 aliphatic heterocycles. The second-order valence-corrected chi connectivity index (χ2v) is 8.87. The summed E-state index contributed by atoms with van der Waals surface area (Å²) in [6.45, 7) is 15.9. The van der Waals surface area contributed by atoms with Crippen LogP contribution in [0.15, 0.2) is 4.99 Å². The maximum atomic E-state index is 5.11. The van der Waals surface area contributed by atoms with Crippen LogP contribution in [-0.4, -0.2) is 86.1 Å². The SMILES string of the molecule is CCNC(=NCC(C(C)C)N1CCN(C)CC1)N1CCC2(CCC2)C1.I. The summed E-state index contributed by atoms with van der Waals surface area (Å²) in [6.07, 6.45) is 5.65. The summed E-state index contributed by atoms with van der Waals surface area (Å²) < 4.78 is 0. The van der Waals surface area contributed by atoms with Gasteiger partial charge in [0.15, 0.2) is 5.96 Å². The summed E-state index contributed by atoms with van der Waals surface area (Å²) >= 11 is 0. The van der Waals surface area contributed by atoms with E-state index >= 15 is 0 Å². The lowest BCUT2D eigenvalue weighted by atomic mass is 9.68. The van der Waals surface area contributed by atoms with Gasteiger partial charge in [-0.3, -0.25) is 9.89 Å². The van der Waals surface area contributed by atoms with E-state index in [0.29, 0.717) is 17.4 Å². The summed E-state index contributed by atoms with van der Waals surface area (Å²) in [7, 11) is 2.23. The average molecular weight is 477 g/mol. The highest BCUT2D eigenvalue weighted by atomic mass is 127. The third-order valence-corrected chi connectivity index (χ3v) is 6.69. The third kappa shape index (κ3) is 5.25. The van der Waals surface area contributed by atoms with E-state index in [1.165, 1.54) is 65.0 Å². The molecule has 1 unspecified atom stereocenters. The highest BCUT2D eigenvalue weighted by Crippen LogP contribution is 2.47. The normalized spacial score (nSPS) is 25.3. The Morgan fingerprint density at radius 2 is 1.77 bits per heavy atom. The first-order valence-electron chi connectivity index (χ1n) is 10.5. The zero-order valence-corrected chi connectivity index (χ0v) is 19.7. The maximum absolute atomic E-state index is 5.11. The van der Waals surface area contributed by atoms with E-state index < -0.39 is 0 Å². The topological polar surface area (TPSA) is 34.1 Å². The van der Waals surface area contributed by atoms with Crippen molar-refractivity contribution in [3.05, 3.63) is 0 Å². The monoisotopic (exact) mass is 477 g/mol. The predicted octanol–water partition coefficient (Wildman–Crippen LogP) is 2.72. The van der Waals surface area contributed by atoms with Crippen molar-refractivity contribution in [2.24, 2.45) is 16.3 Å². The van der Waals surface area contributed by atoms with Gasteiger partial charge in [-0.15, -0.1) is 24.0 Å². The molecule has 0 radical (unpaired) electrons. The number of nitrogens with zero attached hydrogens (tertiary/aromatic N) is 4. The van der Waals surface area contributed by atoms with E-state index in [9.17, 15) is 0 Å². The molecule has 1 atom stereocenters. The molecule has 0 amide bonds. The number of likely N-dealkylation sites (N-methyl/N-ethyl adjacent to an activating group) is 1. The number of nitrogens with one attached hydrogen (secondary N) is 1. The number of likely N-dealkylation sites (tertiary alicyclic amines) is 1. The minimum atomic E-state index is 0. The quantitative estimate of drug-likeness (QED) is 0.375. The van der Waals surface area contributed by atoms with Gasteiger partial charge in [0.1, 0.15) is 0 Å². The third-order valence-electron chi connectivity index (χ3n) is 6.69. The minimum absolute atomic E-state index is 0. The van der Waals surface area contributed by atoms with Crippen LogP contribution in [0.3, 0.4) is 0 Å². The molecule has 1 saturated carbocycles. The van der Waals surface area contributed by atoms with Crippen molar-refractivity contribution in [3.63, 3.8) is 0 Å². The van der Waals surface area contributed by atoms with Crippen LogP contribution in [0.5, 0.6) is 0 Å². The summed E-state index contributed by atoms with van der Waals surface area (Å²) in [5.41, 5.74) is 0.630. The van der Waals surface area contributed by atoms with Gasteiger partial charge in [-0.2, -0.15) is 0 Å². The molecular weight excluding hydrogens is 437 g/mol. The van der Waals surface area contributed by atoms with Crippen LogP contribution in [-0.2, 0) is 0 Å². The second kappa shape index (κ2) is 9.92.